The molecule has 1 fully saturated rings. The van der Waals surface area contributed by atoms with Crippen LogP contribution >= 0.6 is 0 Å². The first-order chi connectivity index (χ1) is 7.46. The summed E-state index contributed by atoms with van der Waals surface area (Å²) in [7, 11) is 0. The Morgan fingerprint density at radius 1 is 1.19 bits per heavy atom. The minimum atomic E-state index is 0.586. The summed E-state index contributed by atoms with van der Waals surface area (Å²) in [5.41, 5.74) is 0.586. The van der Waals surface area contributed by atoms with Gasteiger partial charge in [0.25, 0.3) is 0 Å². The van der Waals surface area contributed by atoms with E-state index in [-0.39, 0.29) is 0 Å². The molecular formula is C15H31N. The van der Waals surface area contributed by atoms with Gasteiger partial charge >= 0.3 is 0 Å². The fraction of sp³-hybridized carbons (Fsp3) is 1.00. The van der Waals surface area contributed by atoms with E-state index < -0.39 is 0 Å². The quantitative estimate of drug-likeness (QED) is 0.706. The Kier molecular flexibility index (Phi) is 5.30. The molecule has 0 spiro atoms. The Balaban J connectivity index is 2.57. The van der Waals surface area contributed by atoms with Gasteiger partial charge in [-0.05, 0) is 49.5 Å². The highest BCUT2D eigenvalue weighted by Gasteiger charge is 2.29. The Morgan fingerprint density at radius 2 is 1.88 bits per heavy atom. The molecular weight excluding hydrogens is 194 g/mol. The van der Waals surface area contributed by atoms with E-state index in [9.17, 15) is 0 Å². The monoisotopic (exact) mass is 225 g/mol. The third-order valence-corrected chi connectivity index (χ3v) is 4.29. The summed E-state index contributed by atoms with van der Waals surface area (Å²) in [4.78, 5) is 0. The second-order valence-corrected chi connectivity index (χ2v) is 6.68. The zero-order valence-electron chi connectivity index (χ0n) is 12.0. The summed E-state index contributed by atoms with van der Waals surface area (Å²) in [6.07, 6.45) is 7.10. The van der Waals surface area contributed by atoms with Crippen molar-refractivity contribution in [2.75, 3.05) is 6.54 Å². The average molecular weight is 225 g/mol. The van der Waals surface area contributed by atoms with Gasteiger partial charge < -0.3 is 5.32 Å². The van der Waals surface area contributed by atoms with Crippen LogP contribution in [-0.2, 0) is 0 Å². The van der Waals surface area contributed by atoms with Crippen LogP contribution in [0.4, 0.5) is 0 Å². The Hall–Kier alpha value is -0.0400. The second-order valence-electron chi connectivity index (χ2n) is 6.68. The van der Waals surface area contributed by atoms with Crippen molar-refractivity contribution >= 4 is 0 Å². The summed E-state index contributed by atoms with van der Waals surface area (Å²) in [5, 5.41) is 3.71. The topological polar surface area (TPSA) is 12.0 Å². The largest absolute Gasteiger partial charge is 0.314 e. The van der Waals surface area contributed by atoms with E-state index in [1.165, 1.54) is 32.1 Å². The van der Waals surface area contributed by atoms with Gasteiger partial charge in [-0.2, -0.15) is 0 Å². The van der Waals surface area contributed by atoms with Crippen LogP contribution in [-0.4, -0.2) is 12.6 Å². The molecule has 1 heteroatoms. The molecule has 96 valence electrons. The molecule has 0 aromatic carbocycles. The van der Waals surface area contributed by atoms with E-state index in [4.69, 9.17) is 0 Å². The zero-order valence-corrected chi connectivity index (χ0v) is 12.0. The third-order valence-electron chi connectivity index (χ3n) is 4.29. The summed E-state index contributed by atoms with van der Waals surface area (Å²) < 4.78 is 0. The molecule has 0 aromatic heterocycles. The Bertz CT molecular complexity index is 196. The highest BCUT2D eigenvalue weighted by molar-refractivity contribution is 4.84. The Morgan fingerprint density at radius 3 is 2.44 bits per heavy atom. The van der Waals surface area contributed by atoms with Crippen molar-refractivity contribution in [3.8, 4) is 0 Å². The van der Waals surface area contributed by atoms with Crippen molar-refractivity contribution < 1.29 is 0 Å². The fourth-order valence-electron chi connectivity index (χ4n) is 3.23. The van der Waals surface area contributed by atoms with Crippen LogP contribution in [0.2, 0.25) is 0 Å². The highest BCUT2D eigenvalue weighted by Crippen LogP contribution is 2.38. The van der Waals surface area contributed by atoms with Crippen molar-refractivity contribution in [2.24, 2.45) is 17.3 Å². The van der Waals surface area contributed by atoms with Gasteiger partial charge in [-0.1, -0.05) is 41.0 Å². The predicted molar refractivity (Wildman–Crippen MR) is 72.7 cm³/mol. The Labute approximate surface area is 102 Å². The molecule has 0 heterocycles. The van der Waals surface area contributed by atoms with Crippen LogP contribution in [0, 0.1) is 17.3 Å². The summed E-state index contributed by atoms with van der Waals surface area (Å²) in [6, 6.07) is 0.735. The van der Waals surface area contributed by atoms with Gasteiger partial charge in [0.15, 0.2) is 0 Å². The molecule has 0 radical (unpaired) electrons. The van der Waals surface area contributed by atoms with Gasteiger partial charge in [0.1, 0.15) is 0 Å². The zero-order chi connectivity index (χ0) is 12.2. The highest BCUT2D eigenvalue weighted by atomic mass is 14.9. The molecule has 0 amide bonds. The van der Waals surface area contributed by atoms with Gasteiger partial charge in [0.05, 0.1) is 0 Å². The molecule has 0 bridgehead atoms. The molecule has 2 unspecified atom stereocenters. The molecule has 1 N–H and O–H groups in total. The number of nitrogens with one attached hydrogen (secondary N) is 1. The predicted octanol–water partition coefficient (Wildman–Crippen LogP) is 4.23. The minimum absolute atomic E-state index is 0.586. The third kappa shape index (κ3) is 4.08. The summed E-state index contributed by atoms with van der Waals surface area (Å²) in [5.74, 6) is 1.67. The van der Waals surface area contributed by atoms with E-state index >= 15 is 0 Å². The molecule has 1 aliphatic rings. The molecule has 0 saturated heterocycles. The van der Waals surface area contributed by atoms with Crippen molar-refractivity contribution in [2.45, 2.75) is 72.8 Å². The SMILES string of the molecule is CCNC(C(C)C)C1CCCC(C)(C)CC1. The summed E-state index contributed by atoms with van der Waals surface area (Å²) in [6.45, 7) is 12.9. The number of hydrogen-bond acceptors (Lipinski definition) is 1. The lowest BCUT2D eigenvalue weighted by atomic mass is 9.82. The van der Waals surface area contributed by atoms with E-state index in [0.29, 0.717) is 5.41 Å². The van der Waals surface area contributed by atoms with E-state index in [0.717, 1.165) is 24.4 Å². The van der Waals surface area contributed by atoms with Gasteiger partial charge in [0, 0.05) is 6.04 Å². The van der Waals surface area contributed by atoms with Crippen molar-refractivity contribution in [3.63, 3.8) is 0 Å². The van der Waals surface area contributed by atoms with E-state index in [2.05, 4.69) is 39.9 Å². The van der Waals surface area contributed by atoms with Crippen LogP contribution < -0.4 is 5.32 Å². The number of rotatable bonds is 4. The first kappa shape index (κ1) is 14.0. The minimum Gasteiger partial charge on any atom is -0.314 e. The average Bonchev–Trinajstić information content (AvgIpc) is 2.35. The molecule has 2 atom stereocenters. The van der Waals surface area contributed by atoms with Gasteiger partial charge in [-0.15, -0.1) is 0 Å². The molecule has 0 aliphatic heterocycles. The lowest BCUT2D eigenvalue weighted by Crippen LogP contribution is -2.40. The number of hydrogen-bond donors (Lipinski definition) is 1. The van der Waals surface area contributed by atoms with Gasteiger partial charge in [-0.3, -0.25) is 0 Å². The smallest absolute Gasteiger partial charge is 0.0118 e. The molecule has 1 rings (SSSR count). The second kappa shape index (κ2) is 6.05. The van der Waals surface area contributed by atoms with Gasteiger partial charge in [-0.25, -0.2) is 0 Å². The first-order valence-corrected chi connectivity index (χ1v) is 7.19. The van der Waals surface area contributed by atoms with Crippen molar-refractivity contribution in [1.29, 1.82) is 0 Å². The molecule has 0 aromatic rings. The molecule has 1 nitrogen and oxygen atoms in total. The van der Waals surface area contributed by atoms with Crippen molar-refractivity contribution in [1.82, 2.24) is 5.32 Å². The molecule has 1 saturated carbocycles. The van der Waals surface area contributed by atoms with E-state index in [1.54, 1.807) is 0 Å². The van der Waals surface area contributed by atoms with Crippen LogP contribution in [0.1, 0.15) is 66.7 Å². The van der Waals surface area contributed by atoms with Gasteiger partial charge in [0.2, 0.25) is 0 Å². The maximum atomic E-state index is 3.71. The summed E-state index contributed by atoms with van der Waals surface area (Å²) >= 11 is 0. The maximum absolute atomic E-state index is 3.71. The first-order valence-electron chi connectivity index (χ1n) is 7.19. The van der Waals surface area contributed by atoms with Crippen LogP contribution in [0.5, 0.6) is 0 Å². The lowest BCUT2D eigenvalue weighted by molar-refractivity contribution is 0.249. The van der Waals surface area contributed by atoms with Crippen LogP contribution in [0.3, 0.4) is 0 Å². The fourth-order valence-corrected chi connectivity index (χ4v) is 3.23. The normalized spacial score (nSPS) is 27.8. The lowest BCUT2D eigenvalue weighted by Gasteiger charge is -2.31. The van der Waals surface area contributed by atoms with Crippen LogP contribution in [0.15, 0.2) is 0 Å². The maximum Gasteiger partial charge on any atom is 0.0118 e. The standard InChI is InChI=1S/C15H31N/c1-6-16-14(12(2)3)13-8-7-10-15(4,5)11-9-13/h12-14,16H,6-11H2,1-5H3. The molecule has 16 heavy (non-hydrogen) atoms. The van der Waals surface area contributed by atoms with E-state index in [1.807, 2.05) is 0 Å². The van der Waals surface area contributed by atoms with Crippen LogP contribution in [0.25, 0.3) is 0 Å². The van der Waals surface area contributed by atoms with Crippen molar-refractivity contribution in [3.05, 3.63) is 0 Å². The molecule has 1 aliphatic carbocycles.